The number of amides is 3. The molecule has 1 N–H and O–H groups in total. The summed E-state index contributed by atoms with van der Waals surface area (Å²) in [6.45, 7) is 4.09. The molecule has 4 heterocycles. The average molecular weight is 446 g/mol. The Morgan fingerprint density at radius 3 is 2.61 bits per heavy atom. The number of nitro groups is 1. The molecule has 9 heteroatoms. The number of fused-ring (bicyclic) bond motifs is 7. The summed E-state index contributed by atoms with van der Waals surface area (Å²) in [6, 6.07) is 9.82. The average Bonchev–Trinajstić information content (AvgIpc) is 3.48. The Bertz CT molecular complexity index is 1290. The van der Waals surface area contributed by atoms with Crippen LogP contribution >= 0.6 is 0 Å². The van der Waals surface area contributed by atoms with E-state index in [1.54, 1.807) is 13.0 Å². The largest absolute Gasteiger partial charge is 0.324 e. The third-order valence-electron chi connectivity index (χ3n) is 7.95. The zero-order valence-corrected chi connectivity index (χ0v) is 18.2. The van der Waals surface area contributed by atoms with Gasteiger partial charge >= 0.3 is 0 Å². The van der Waals surface area contributed by atoms with Gasteiger partial charge in [0.05, 0.1) is 28.0 Å². The van der Waals surface area contributed by atoms with Crippen LogP contribution in [0.2, 0.25) is 0 Å². The first kappa shape index (κ1) is 20.0. The van der Waals surface area contributed by atoms with E-state index < -0.39 is 28.2 Å². The van der Waals surface area contributed by atoms with Crippen molar-refractivity contribution in [2.75, 3.05) is 16.8 Å². The van der Waals surface area contributed by atoms with Crippen molar-refractivity contribution in [3.63, 3.8) is 0 Å². The van der Waals surface area contributed by atoms with E-state index in [1.165, 1.54) is 12.1 Å². The SMILES string of the molecule is Cc1cccc2c1NC(=O)[C@]21[C@@H]2C(=O)N(c3cccc([N+](=O)[O-])c3C)C(=O)[C@@H]2[C@@H]2CCCN21. The van der Waals surface area contributed by atoms with Crippen LogP contribution in [0.4, 0.5) is 17.1 Å². The zero-order chi connectivity index (χ0) is 23.2. The van der Waals surface area contributed by atoms with Crippen LogP contribution < -0.4 is 10.2 Å². The van der Waals surface area contributed by atoms with Gasteiger partial charge in [-0.3, -0.25) is 29.4 Å². The summed E-state index contributed by atoms with van der Waals surface area (Å²) in [7, 11) is 0. The van der Waals surface area contributed by atoms with Crippen molar-refractivity contribution in [2.24, 2.45) is 11.8 Å². The van der Waals surface area contributed by atoms with Crippen molar-refractivity contribution >= 4 is 34.8 Å². The molecule has 9 nitrogen and oxygen atoms in total. The summed E-state index contributed by atoms with van der Waals surface area (Å²) in [5, 5.41) is 14.5. The van der Waals surface area contributed by atoms with Crippen LogP contribution in [0.1, 0.15) is 29.5 Å². The molecule has 3 amide bonds. The lowest BCUT2D eigenvalue weighted by molar-refractivity contribution is -0.385. The number of imide groups is 1. The normalized spacial score (nSPS) is 30.1. The second-order valence-electron chi connectivity index (χ2n) is 9.31. The Morgan fingerprint density at radius 2 is 1.85 bits per heavy atom. The van der Waals surface area contributed by atoms with Gasteiger partial charge in [0.25, 0.3) is 5.69 Å². The highest BCUT2D eigenvalue weighted by atomic mass is 16.6. The van der Waals surface area contributed by atoms with Crippen LogP contribution in [-0.4, -0.2) is 40.1 Å². The number of hydrogen-bond acceptors (Lipinski definition) is 6. The second-order valence-corrected chi connectivity index (χ2v) is 9.31. The molecule has 0 aliphatic carbocycles. The Kier molecular flexibility index (Phi) is 3.93. The third kappa shape index (κ3) is 2.22. The van der Waals surface area contributed by atoms with E-state index in [-0.39, 0.29) is 34.8 Å². The van der Waals surface area contributed by atoms with Crippen LogP contribution in [0.15, 0.2) is 36.4 Å². The quantitative estimate of drug-likeness (QED) is 0.431. The Labute approximate surface area is 189 Å². The van der Waals surface area contributed by atoms with Gasteiger partial charge in [-0.1, -0.05) is 24.3 Å². The van der Waals surface area contributed by atoms with Gasteiger partial charge in [-0.05, 0) is 44.9 Å². The molecule has 4 aliphatic heterocycles. The highest BCUT2D eigenvalue weighted by Gasteiger charge is 2.74. The fraction of sp³-hybridized carbons (Fsp3) is 0.375. The van der Waals surface area contributed by atoms with E-state index in [1.807, 2.05) is 25.1 Å². The predicted octanol–water partition coefficient (Wildman–Crippen LogP) is 2.64. The maximum Gasteiger partial charge on any atom is 0.274 e. The van der Waals surface area contributed by atoms with Crippen molar-refractivity contribution in [3.05, 3.63) is 63.2 Å². The molecule has 0 aromatic heterocycles. The molecule has 6 rings (SSSR count). The number of para-hydroxylation sites is 1. The number of rotatable bonds is 2. The molecule has 0 bridgehead atoms. The number of carbonyl (C=O) groups excluding carboxylic acids is 3. The first-order chi connectivity index (χ1) is 15.8. The first-order valence-corrected chi connectivity index (χ1v) is 11.1. The number of nitrogens with one attached hydrogen (secondary N) is 1. The summed E-state index contributed by atoms with van der Waals surface area (Å²) in [5.41, 5.74) is 1.43. The lowest BCUT2D eigenvalue weighted by Crippen LogP contribution is -2.54. The standard InChI is InChI=1S/C24H22N4O5/c1-12-6-3-7-14-20(12)25-23(31)24(14)19-18(17-10-5-11-26(17)24)21(29)27(22(19)30)15-8-4-9-16(13(15)2)28(32)33/h3-4,6-9,17-19H,5,10-11H2,1-2H3,(H,25,31)/t17-,18+,19-,24+/m0/s1. The zero-order valence-electron chi connectivity index (χ0n) is 18.2. The number of aryl methyl sites for hydroxylation is 1. The summed E-state index contributed by atoms with van der Waals surface area (Å²) in [5.74, 6) is -2.67. The third-order valence-corrected chi connectivity index (χ3v) is 7.95. The molecule has 0 radical (unpaired) electrons. The van der Waals surface area contributed by atoms with Crippen molar-refractivity contribution in [1.82, 2.24) is 4.90 Å². The van der Waals surface area contributed by atoms with E-state index in [4.69, 9.17) is 0 Å². The smallest absolute Gasteiger partial charge is 0.274 e. The van der Waals surface area contributed by atoms with E-state index >= 15 is 0 Å². The van der Waals surface area contributed by atoms with Gasteiger partial charge in [0, 0.05) is 23.4 Å². The Morgan fingerprint density at radius 1 is 1.09 bits per heavy atom. The molecular weight excluding hydrogens is 424 g/mol. The van der Waals surface area contributed by atoms with Crippen molar-refractivity contribution in [1.29, 1.82) is 0 Å². The molecule has 3 saturated heterocycles. The molecule has 4 atom stereocenters. The van der Waals surface area contributed by atoms with Crippen molar-refractivity contribution in [3.8, 4) is 0 Å². The van der Waals surface area contributed by atoms with E-state index in [0.29, 0.717) is 12.2 Å². The van der Waals surface area contributed by atoms with Gasteiger partial charge in [0.15, 0.2) is 0 Å². The molecule has 0 saturated carbocycles. The maximum absolute atomic E-state index is 14.0. The molecular formula is C24H22N4O5. The number of nitrogens with zero attached hydrogens (tertiary/aromatic N) is 3. The van der Waals surface area contributed by atoms with Crippen LogP contribution in [0.3, 0.4) is 0 Å². The highest BCUT2D eigenvalue weighted by molar-refractivity contribution is 6.26. The lowest BCUT2D eigenvalue weighted by atomic mass is 9.75. The molecule has 2 aromatic carbocycles. The molecule has 3 fully saturated rings. The number of anilines is 2. The minimum atomic E-state index is -1.25. The molecule has 168 valence electrons. The van der Waals surface area contributed by atoms with Gasteiger partial charge in [-0.15, -0.1) is 0 Å². The van der Waals surface area contributed by atoms with E-state index in [2.05, 4.69) is 10.2 Å². The lowest BCUT2D eigenvalue weighted by Gasteiger charge is -2.36. The van der Waals surface area contributed by atoms with Gasteiger partial charge in [-0.25, -0.2) is 4.90 Å². The van der Waals surface area contributed by atoms with Crippen molar-refractivity contribution < 1.29 is 19.3 Å². The van der Waals surface area contributed by atoms with Gasteiger partial charge in [0.2, 0.25) is 17.7 Å². The van der Waals surface area contributed by atoms with E-state index in [9.17, 15) is 24.5 Å². The fourth-order valence-electron chi connectivity index (χ4n) is 6.67. The minimum Gasteiger partial charge on any atom is -0.324 e. The monoisotopic (exact) mass is 446 g/mol. The van der Waals surface area contributed by atoms with Crippen LogP contribution in [0.5, 0.6) is 0 Å². The van der Waals surface area contributed by atoms with Gasteiger partial charge < -0.3 is 5.32 Å². The van der Waals surface area contributed by atoms with Crippen LogP contribution in [-0.2, 0) is 19.9 Å². The second kappa shape index (κ2) is 6.48. The minimum absolute atomic E-state index is 0.151. The topological polar surface area (TPSA) is 113 Å². The number of nitro benzene ring substituents is 1. The summed E-state index contributed by atoms with van der Waals surface area (Å²) < 4.78 is 0. The first-order valence-electron chi connectivity index (χ1n) is 11.1. The number of benzene rings is 2. The van der Waals surface area contributed by atoms with Gasteiger partial charge in [-0.2, -0.15) is 0 Å². The van der Waals surface area contributed by atoms with E-state index in [0.717, 1.165) is 28.9 Å². The molecule has 1 spiro atoms. The number of hydrogen-bond donors (Lipinski definition) is 1. The molecule has 33 heavy (non-hydrogen) atoms. The summed E-state index contributed by atoms with van der Waals surface area (Å²) in [4.78, 5) is 55.6. The molecule has 4 aliphatic rings. The van der Waals surface area contributed by atoms with Crippen LogP contribution in [0.25, 0.3) is 0 Å². The molecule has 2 aromatic rings. The Balaban J connectivity index is 1.56. The Hall–Kier alpha value is -3.59. The highest BCUT2D eigenvalue weighted by Crippen LogP contribution is 2.61. The van der Waals surface area contributed by atoms with Crippen LogP contribution in [0, 0.1) is 35.8 Å². The molecule has 0 unspecified atom stereocenters. The fourth-order valence-corrected chi connectivity index (χ4v) is 6.67. The van der Waals surface area contributed by atoms with Gasteiger partial charge in [0.1, 0.15) is 5.54 Å². The maximum atomic E-state index is 14.0. The summed E-state index contributed by atoms with van der Waals surface area (Å²) in [6.07, 6.45) is 1.56. The number of carbonyl (C=O) groups is 3. The van der Waals surface area contributed by atoms with Crippen molar-refractivity contribution in [2.45, 2.75) is 38.3 Å². The predicted molar refractivity (Wildman–Crippen MR) is 119 cm³/mol. The summed E-state index contributed by atoms with van der Waals surface area (Å²) >= 11 is 0.